The van der Waals surface area contributed by atoms with E-state index in [9.17, 15) is 14.0 Å². The van der Waals surface area contributed by atoms with E-state index in [1.54, 1.807) is 12.3 Å². The molecular weight excluding hydrogens is 516 g/mol. The van der Waals surface area contributed by atoms with Gasteiger partial charge < -0.3 is 24.4 Å². The van der Waals surface area contributed by atoms with Crippen molar-refractivity contribution in [2.45, 2.75) is 38.0 Å². The summed E-state index contributed by atoms with van der Waals surface area (Å²) in [5.41, 5.74) is 1.26. The molecule has 4 heterocycles. The van der Waals surface area contributed by atoms with Crippen LogP contribution in [0.2, 0.25) is 0 Å². The Morgan fingerprint density at radius 2 is 2.10 bits per heavy atom. The zero-order chi connectivity index (χ0) is 27.1. The number of nitrogens with one attached hydrogen (secondary N) is 2. The number of benzene rings is 1. The Labute approximate surface area is 221 Å². The summed E-state index contributed by atoms with van der Waals surface area (Å²) in [6, 6.07) is 2.67. The Morgan fingerprint density at radius 3 is 2.92 bits per heavy atom. The average Bonchev–Trinajstić information content (AvgIpc) is 3.68. The minimum atomic E-state index is -0.570. The molecular formula is C25H25F2N7O5. The fraction of sp³-hybridized carbons (Fsp3) is 0.400. The Morgan fingerprint density at radius 1 is 1.26 bits per heavy atom. The Kier molecular flexibility index (Phi) is 6.46. The number of nitrogens with zero attached hydrogens (tertiary/aromatic N) is 5. The maximum atomic E-state index is 15.2. The van der Waals surface area contributed by atoms with E-state index in [-0.39, 0.29) is 55.0 Å². The second kappa shape index (κ2) is 10.1. The first-order chi connectivity index (χ1) is 18.9. The number of hydrogen-bond donors (Lipinski definition) is 2. The van der Waals surface area contributed by atoms with Crippen molar-refractivity contribution >= 4 is 23.6 Å². The van der Waals surface area contributed by atoms with E-state index in [2.05, 4.69) is 25.5 Å². The zero-order valence-electron chi connectivity index (χ0n) is 20.9. The van der Waals surface area contributed by atoms with E-state index in [4.69, 9.17) is 14.2 Å². The van der Waals surface area contributed by atoms with E-state index in [1.807, 2.05) is 11.9 Å². The SMILES string of the molecule is CN(CCC1CN(c2cnc3c(n2)NC(=O)CO3)C(=O)O1)C1Cc2c(F)cc(OCc3cc[nH]n3)c(F)c2C1. The van der Waals surface area contributed by atoms with Crippen LogP contribution in [0.5, 0.6) is 11.6 Å². The molecule has 0 bridgehead atoms. The highest BCUT2D eigenvalue weighted by molar-refractivity contribution is 5.94. The second-order valence-corrected chi connectivity index (χ2v) is 9.65. The summed E-state index contributed by atoms with van der Waals surface area (Å²) in [5, 5.41) is 9.17. The van der Waals surface area contributed by atoms with Crippen molar-refractivity contribution in [2.75, 3.05) is 37.0 Å². The molecule has 3 aliphatic rings. The molecule has 6 rings (SSSR count). The summed E-state index contributed by atoms with van der Waals surface area (Å²) < 4.78 is 46.2. The first-order valence-electron chi connectivity index (χ1n) is 12.4. The third-order valence-corrected chi connectivity index (χ3v) is 7.11. The van der Waals surface area contributed by atoms with Gasteiger partial charge in [0, 0.05) is 24.8 Å². The molecule has 0 radical (unpaired) electrons. The van der Waals surface area contributed by atoms with Gasteiger partial charge in [-0.15, -0.1) is 0 Å². The van der Waals surface area contributed by atoms with Gasteiger partial charge in [-0.2, -0.15) is 5.10 Å². The van der Waals surface area contributed by atoms with E-state index in [0.717, 1.165) is 6.07 Å². The number of halogens is 2. The first kappa shape index (κ1) is 25.0. The molecule has 3 aromatic rings. The number of rotatable bonds is 8. The quantitative estimate of drug-likeness (QED) is 0.440. The van der Waals surface area contributed by atoms with Gasteiger partial charge >= 0.3 is 6.09 Å². The number of likely N-dealkylation sites (N-methyl/N-ethyl adjacent to an activating group) is 1. The zero-order valence-corrected chi connectivity index (χ0v) is 20.9. The van der Waals surface area contributed by atoms with Gasteiger partial charge in [-0.3, -0.25) is 14.8 Å². The summed E-state index contributed by atoms with van der Waals surface area (Å²) in [7, 11) is 1.88. The monoisotopic (exact) mass is 541 g/mol. The number of H-pyrrole nitrogens is 1. The lowest BCUT2D eigenvalue weighted by atomic mass is 10.1. The molecule has 2 aromatic heterocycles. The van der Waals surface area contributed by atoms with Crippen LogP contribution in [0, 0.1) is 11.6 Å². The van der Waals surface area contributed by atoms with Crippen molar-refractivity contribution in [2.24, 2.45) is 0 Å². The van der Waals surface area contributed by atoms with Crippen LogP contribution in [-0.2, 0) is 29.0 Å². The summed E-state index contributed by atoms with van der Waals surface area (Å²) >= 11 is 0. The van der Waals surface area contributed by atoms with Crippen LogP contribution >= 0.6 is 0 Å². The van der Waals surface area contributed by atoms with E-state index < -0.39 is 23.8 Å². The molecule has 2 atom stereocenters. The predicted octanol–water partition coefficient (Wildman–Crippen LogP) is 2.20. The molecule has 2 amide bonds. The maximum Gasteiger partial charge on any atom is 0.415 e. The number of fused-ring (bicyclic) bond motifs is 2. The number of carbonyl (C=O) groups is 2. The highest BCUT2D eigenvalue weighted by atomic mass is 19.1. The molecule has 1 aliphatic carbocycles. The number of cyclic esters (lactones) is 1. The van der Waals surface area contributed by atoms with Crippen LogP contribution in [0.15, 0.2) is 24.5 Å². The summed E-state index contributed by atoms with van der Waals surface area (Å²) in [6.07, 6.45) is 3.24. The van der Waals surface area contributed by atoms with Crippen molar-refractivity contribution in [1.82, 2.24) is 25.1 Å². The molecule has 204 valence electrons. The van der Waals surface area contributed by atoms with Crippen molar-refractivity contribution in [3.63, 3.8) is 0 Å². The van der Waals surface area contributed by atoms with Gasteiger partial charge in [0.15, 0.2) is 29.8 Å². The Balaban J connectivity index is 1.05. The van der Waals surface area contributed by atoms with Crippen molar-refractivity contribution in [3.05, 3.63) is 53.0 Å². The fourth-order valence-electron chi connectivity index (χ4n) is 4.98. The van der Waals surface area contributed by atoms with Crippen molar-refractivity contribution in [1.29, 1.82) is 0 Å². The number of carbonyl (C=O) groups excluding carboxylic acids is 2. The minimum absolute atomic E-state index is 0.0263. The first-order valence-corrected chi connectivity index (χ1v) is 12.4. The summed E-state index contributed by atoms with van der Waals surface area (Å²) in [5.74, 6) is -0.959. The molecule has 14 heteroatoms. The summed E-state index contributed by atoms with van der Waals surface area (Å²) in [4.78, 5) is 35.8. The van der Waals surface area contributed by atoms with Gasteiger partial charge in [-0.05, 0) is 43.5 Å². The van der Waals surface area contributed by atoms with Crippen LogP contribution in [-0.4, -0.2) is 76.0 Å². The molecule has 12 nitrogen and oxygen atoms in total. The van der Waals surface area contributed by atoms with Crippen molar-refractivity contribution < 1.29 is 32.6 Å². The molecule has 1 aromatic carbocycles. The topological polar surface area (TPSA) is 135 Å². The largest absolute Gasteiger partial charge is 0.484 e. The molecule has 2 unspecified atom stereocenters. The number of aromatic amines is 1. The Hall–Kier alpha value is -4.33. The lowest BCUT2D eigenvalue weighted by molar-refractivity contribution is -0.118. The smallest absolute Gasteiger partial charge is 0.415 e. The third kappa shape index (κ3) is 4.94. The van der Waals surface area contributed by atoms with Gasteiger partial charge in [-0.1, -0.05) is 0 Å². The van der Waals surface area contributed by atoms with Gasteiger partial charge in [-0.25, -0.2) is 23.5 Å². The standard InChI is InChI=1S/C25H25F2N7O5/c1-33(14-6-16-17(7-14)22(27)19(8-18(16)26)37-11-13-2-4-29-32-13)5-3-15-10-34(25(36)39-15)20-9-28-24-23(30-20)31-21(35)12-38-24/h2,4,8-9,14-15H,3,5-7,10-12H2,1H3,(H,29,32)(H,30,31,35). The molecule has 2 N–H and O–H groups in total. The predicted molar refractivity (Wildman–Crippen MR) is 131 cm³/mol. The number of ether oxygens (including phenoxy) is 3. The van der Waals surface area contributed by atoms with E-state index in [1.165, 1.54) is 11.1 Å². The van der Waals surface area contributed by atoms with Crippen molar-refractivity contribution in [3.8, 4) is 11.6 Å². The van der Waals surface area contributed by atoms with Crippen LogP contribution < -0.4 is 19.7 Å². The summed E-state index contributed by atoms with van der Waals surface area (Å²) in [6.45, 7) is 0.670. The molecule has 1 fully saturated rings. The van der Waals surface area contributed by atoms with Crippen LogP contribution in [0.4, 0.5) is 25.2 Å². The fourth-order valence-corrected chi connectivity index (χ4v) is 4.98. The lowest BCUT2D eigenvalue weighted by Crippen LogP contribution is -2.35. The Bertz CT molecular complexity index is 1420. The molecule has 1 saturated heterocycles. The highest BCUT2D eigenvalue weighted by Crippen LogP contribution is 2.35. The van der Waals surface area contributed by atoms with E-state index >= 15 is 4.39 Å². The highest BCUT2D eigenvalue weighted by Gasteiger charge is 2.36. The molecule has 0 saturated carbocycles. The number of aromatic nitrogens is 4. The van der Waals surface area contributed by atoms with Gasteiger partial charge in [0.05, 0.1) is 18.4 Å². The van der Waals surface area contributed by atoms with Gasteiger partial charge in [0.2, 0.25) is 0 Å². The third-order valence-electron chi connectivity index (χ3n) is 7.11. The van der Waals surface area contributed by atoms with Crippen LogP contribution in [0.25, 0.3) is 0 Å². The van der Waals surface area contributed by atoms with Gasteiger partial charge in [0.25, 0.3) is 11.8 Å². The average molecular weight is 542 g/mol. The number of amides is 2. The van der Waals surface area contributed by atoms with Crippen LogP contribution in [0.3, 0.4) is 0 Å². The number of anilines is 2. The second-order valence-electron chi connectivity index (χ2n) is 9.65. The molecule has 0 spiro atoms. The lowest BCUT2D eigenvalue weighted by Gasteiger charge is -2.25. The maximum absolute atomic E-state index is 15.2. The molecule has 39 heavy (non-hydrogen) atoms. The molecule has 2 aliphatic heterocycles. The van der Waals surface area contributed by atoms with E-state index in [0.29, 0.717) is 42.6 Å². The minimum Gasteiger partial charge on any atom is -0.484 e. The number of hydrogen-bond acceptors (Lipinski definition) is 9. The van der Waals surface area contributed by atoms with Crippen LogP contribution in [0.1, 0.15) is 23.2 Å². The normalized spacial score (nSPS) is 19.9. The van der Waals surface area contributed by atoms with Gasteiger partial charge in [0.1, 0.15) is 18.5 Å².